The van der Waals surface area contributed by atoms with Gasteiger partial charge < -0.3 is 10.0 Å². The first-order chi connectivity index (χ1) is 4.72. The third-order valence-corrected chi connectivity index (χ3v) is 1.08. The van der Waals surface area contributed by atoms with Crippen molar-refractivity contribution in [2.24, 2.45) is 0 Å². The van der Waals surface area contributed by atoms with Crippen molar-refractivity contribution < 1.29 is 9.90 Å². The highest BCUT2D eigenvalue weighted by atomic mass is 16.3. The molecule has 0 atom stereocenters. The largest absolute Gasteiger partial charge is 0.376 e. The molecule has 1 N–H and O–H groups in total. The molecule has 0 saturated heterocycles. The molecule has 0 spiro atoms. The number of amides is 1. The van der Waals surface area contributed by atoms with Crippen LogP contribution in [0.1, 0.15) is 13.3 Å². The van der Waals surface area contributed by atoms with E-state index in [4.69, 9.17) is 5.11 Å². The number of allylic oxidation sites excluding steroid dienone is 1. The zero-order chi connectivity index (χ0) is 7.98. The quantitative estimate of drug-likeness (QED) is 0.458. The van der Waals surface area contributed by atoms with Gasteiger partial charge in [0.25, 0.3) is 0 Å². The molecule has 1 amide bonds. The maximum absolute atomic E-state index is 10.8. The summed E-state index contributed by atoms with van der Waals surface area (Å²) in [5.74, 6) is -0.163. The van der Waals surface area contributed by atoms with Gasteiger partial charge in [-0.15, -0.1) is 0 Å². The average Bonchev–Trinajstić information content (AvgIpc) is 1.98. The van der Waals surface area contributed by atoms with Crippen molar-refractivity contribution in [3.05, 3.63) is 12.2 Å². The molecule has 58 valence electrons. The van der Waals surface area contributed by atoms with Crippen LogP contribution in [-0.2, 0) is 4.79 Å². The number of hydrogen-bond donors (Lipinski definition) is 1. The SMILES string of the molecule is CC/C=C/C(=O)N(C)CO. The standard InChI is InChI=1S/C7H13NO2/c1-3-4-5-7(10)8(2)6-9/h4-5,9H,3,6H2,1-2H3/b5-4+. The van der Waals surface area contributed by atoms with E-state index in [1.54, 1.807) is 13.1 Å². The molecular formula is C7H13NO2. The summed E-state index contributed by atoms with van der Waals surface area (Å²) in [7, 11) is 1.54. The number of hydrogen-bond acceptors (Lipinski definition) is 2. The third kappa shape index (κ3) is 3.25. The van der Waals surface area contributed by atoms with Crippen LogP contribution in [0.5, 0.6) is 0 Å². The number of aliphatic hydroxyl groups is 1. The fraction of sp³-hybridized carbons (Fsp3) is 0.571. The molecule has 0 fully saturated rings. The van der Waals surface area contributed by atoms with Gasteiger partial charge in [-0.25, -0.2) is 0 Å². The van der Waals surface area contributed by atoms with E-state index in [1.165, 1.54) is 11.0 Å². The summed E-state index contributed by atoms with van der Waals surface area (Å²) in [6.45, 7) is 1.72. The first-order valence-corrected chi connectivity index (χ1v) is 3.24. The molecule has 3 heteroatoms. The predicted octanol–water partition coefficient (Wildman–Crippen LogP) is 0.361. The normalized spacial score (nSPS) is 10.3. The Morgan fingerprint density at radius 1 is 1.70 bits per heavy atom. The van der Waals surface area contributed by atoms with Crippen LogP contribution in [0.4, 0.5) is 0 Å². The molecule has 0 aliphatic heterocycles. The summed E-state index contributed by atoms with van der Waals surface area (Å²) in [4.78, 5) is 12.0. The van der Waals surface area contributed by atoms with Gasteiger partial charge in [0.1, 0.15) is 6.73 Å². The minimum absolute atomic E-state index is 0.163. The molecule has 0 aliphatic rings. The molecule has 0 aromatic heterocycles. The van der Waals surface area contributed by atoms with Crippen molar-refractivity contribution in [3.8, 4) is 0 Å². The van der Waals surface area contributed by atoms with Crippen molar-refractivity contribution in [3.63, 3.8) is 0 Å². The van der Waals surface area contributed by atoms with Gasteiger partial charge in [0.05, 0.1) is 0 Å². The Bertz CT molecular complexity index is 132. The van der Waals surface area contributed by atoms with Gasteiger partial charge in [-0.2, -0.15) is 0 Å². The molecule has 0 aromatic carbocycles. The van der Waals surface area contributed by atoms with Crippen LogP contribution < -0.4 is 0 Å². The van der Waals surface area contributed by atoms with Crippen LogP contribution in [-0.4, -0.2) is 29.7 Å². The second kappa shape index (κ2) is 4.99. The van der Waals surface area contributed by atoms with Crippen LogP contribution in [0.15, 0.2) is 12.2 Å². The van der Waals surface area contributed by atoms with E-state index in [1.807, 2.05) is 6.92 Å². The number of rotatable bonds is 3. The lowest BCUT2D eigenvalue weighted by atomic mass is 10.4. The van der Waals surface area contributed by atoms with E-state index in [9.17, 15) is 4.79 Å². The smallest absolute Gasteiger partial charge is 0.247 e. The van der Waals surface area contributed by atoms with Crippen molar-refractivity contribution in [2.45, 2.75) is 13.3 Å². The molecule has 0 aliphatic carbocycles. The maximum atomic E-state index is 10.8. The number of carbonyl (C=O) groups is 1. The third-order valence-electron chi connectivity index (χ3n) is 1.08. The van der Waals surface area contributed by atoms with E-state index in [-0.39, 0.29) is 12.6 Å². The Balaban J connectivity index is 3.72. The molecule has 0 rings (SSSR count). The molecule has 0 saturated carbocycles. The van der Waals surface area contributed by atoms with Crippen molar-refractivity contribution in [2.75, 3.05) is 13.8 Å². The minimum Gasteiger partial charge on any atom is -0.376 e. The number of nitrogens with zero attached hydrogens (tertiary/aromatic N) is 1. The molecule has 0 unspecified atom stereocenters. The predicted molar refractivity (Wildman–Crippen MR) is 39.3 cm³/mol. The van der Waals surface area contributed by atoms with Gasteiger partial charge in [-0.3, -0.25) is 4.79 Å². The molecule has 0 bridgehead atoms. The van der Waals surface area contributed by atoms with Crippen molar-refractivity contribution in [1.82, 2.24) is 4.90 Å². The van der Waals surface area contributed by atoms with Gasteiger partial charge in [0.2, 0.25) is 5.91 Å². The molecule has 0 heterocycles. The summed E-state index contributed by atoms with van der Waals surface area (Å²) in [6, 6.07) is 0. The molecule has 3 nitrogen and oxygen atoms in total. The molecule has 0 aromatic rings. The summed E-state index contributed by atoms with van der Waals surface area (Å²) in [5.41, 5.74) is 0. The fourth-order valence-electron chi connectivity index (χ4n) is 0.416. The van der Waals surface area contributed by atoms with Gasteiger partial charge in [0.15, 0.2) is 0 Å². The molecular weight excluding hydrogens is 130 g/mol. The highest BCUT2D eigenvalue weighted by Crippen LogP contribution is 1.86. The summed E-state index contributed by atoms with van der Waals surface area (Å²) in [6.07, 6.45) is 4.05. The van der Waals surface area contributed by atoms with Crippen LogP contribution in [0.3, 0.4) is 0 Å². The Hall–Kier alpha value is -0.830. The van der Waals surface area contributed by atoms with E-state index in [2.05, 4.69) is 0 Å². The van der Waals surface area contributed by atoms with E-state index < -0.39 is 0 Å². The lowest BCUT2D eigenvalue weighted by Crippen LogP contribution is -2.25. The van der Waals surface area contributed by atoms with Gasteiger partial charge in [0, 0.05) is 7.05 Å². The fourth-order valence-corrected chi connectivity index (χ4v) is 0.416. The van der Waals surface area contributed by atoms with E-state index in [0.717, 1.165) is 6.42 Å². The van der Waals surface area contributed by atoms with Crippen LogP contribution in [0, 0.1) is 0 Å². The highest BCUT2D eigenvalue weighted by molar-refractivity contribution is 5.87. The summed E-state index contributed by atoms with van der Waals surface area (Å²) < 4.78 is 0. The number of likely N-dealkylation sites (N-methyl/N-ethyl adjacent to an activating group) is 1. The maximum Gasteiger partial charge on any atom is 0.247 e. The van der Waals surface area contributed by atoms with Gasteiger partial charge in [-0.1, -0.05) is 13.0 Å². The van der Waals surface area contributed by atoms with Crippen molar-refractivity contribution >= 4 is 5.91 Å². The van der Waals surface area contributed by atoms with Crippen LogP contribution >= 0.6 is 0 Å². The number of aliphatic hydroxyl groups excluding tert-OH is 1. The molecule has 0 radical (unpaired) electrons. The monoisotopic (exact) mass is 143 g/mol. The lowest BCUT2D eigenvalue weighted by Gasteiger charge is -2.09. The Morgan fingerprint density at radius 2 is 2.30 bits per heavy atom. The minimum atomic E-state index is -0.229. The Kier molecular flexibility index (Phi) is 4.58. The van der Waals surface area contributed by atoms with E-state index in [0.29, 0.717) is 0 Å². The zero-order valence-electron chi connectivity index (χ0n) is 6.37. The highest BCUT2D eigenvalue weighted by Gasteiger charge is 1.99. The molecule has 10 heavy (non-hydrogen) atoms. The average molecular weight is 143 g/mol. The van der Waals surface area contributed by atoms with Gasteiger partial charge in [-0.05, 0) is 12.5 Å². The first-order valence-electron chi connectivity index (χ1n) is 3.24. The van der Waals surface area contributed by atoms with Crippen molar-refractivity contribution in [1.29, 1.82) is 0 Å². The Labute approximate surface area is 61.0 Å². The summed E-state index contributed by atoms with van der Waals surface area (Å²) >= 11 is 0. The zero-order valence-corrected chi connectivity index (χ0v) is 6.37. The van der Waals surface area contributed by atoms with Crippen LogP contribution in [0.25, 0.3) is 0 Å². The summed E-state index contributed by atoms with van der Waals surface area (Å²) in [5, 5.41) is 8.48. The first kappa shape index (κ1) is 9.17. The Morgan fingerprint density at radius 3 is 2.70 bits per heavy atom. The van der Waals surface area contributed by atoms with E-state index >= 15 is 0 Å². The van der Waals surface area contributed by atoms with Crippen LogP contribution in [0.2, 0.25) is 0 Å². The second-order valence-corrected chi connectivity index (χ2v) is 1.99. The number of carbonyl (C=O) groups excluding carboxylic acids is 1. The second-order valence-electron chi connectivity index (χ2n) is 1.99. The lowest BCUT2D eigenvalue weighted by molar-refractivity contribution is -0.127. The topological polar surface area (TPSA) is 40.5 Å². The van der Waals surface area contributed by atoms with Gasteiger partial charge >= 0.3 is 0 Å².